The summed E-state index contributed by atoms with van der Waals surface area (Å²) in [6.07, 6.45) is 2.63. The van der Waals surface area contributed by atoms with Gasteiger partial charge in [0.25, 0.3) is 0 Å². The van der Waals surface area contributed by atoms with Crippen molar-refractivity contribution >= 4 is 0 Å². The van der Waals surface area contributed by atoms with Gasteiger partial charge in [-0.25, -0.2) is 0 Å². The molecule has 1 atom stereocenters. The highest BCUT2D eigenvalue weighted by molar-refractivity contribution is 4.93. The lowest BCUT2D eigenvalue weighted by molar-refractivity contribution is 0.490. The summed E-state index contributed by atoms with van der Waals surface area (Å²) in [4.78, 5) is 0. The molecule has 0 heterocycles. The van der Waals surface area contributed by atoms with E-state index in [-0.39, 0.29) is 0 Å². The van der Waals surface area contributed by atoms with E-state index in [0.29, 0.717) is 5.92 Å². The Bertz CT molecular complexity index is 101. The first-order valence-corrected chi connectivity index (χ1v) is 4.19. The molecule has 0 spiro atoms. The molecule has 0 fully saturated rings. The van der Waals surface area contributed by atoms with Crippen LogP contribution in [-0.2, 0) is 0 Å². The highest BCUT2D eigenvalue weighted by Crippen LogP contribution is 2.16. The Hall–Kier alpha value is -0.260. The number of hydrogen-bond donors (Lipinski definition) is 0. The van der Waals surface area contributed by atoms with Gasteiger partial charge < -0.3 is 0 Å². The topological polar surface area (TPSA) is 0 Å². The van der Waals surface area contributed by atoms with Gasteiger partial charge in [0, 0.05) is 0 Å². The van der Waals surface area contributed by atoms with Gasteiger partial charge in [-0.15, -0.1) is 0 Å². The van der Waals surface area contributed by atoms with Crippen molar-refractivity contribution in [3.63, 3.8) is 0 Å². The molecule has 0 aliphatic heterocycles. The summed E-state index contributed by atoms with van der Waals surface area (Å²) in [5.41, 5.74) is 1.32. The van der Waals surface area contributed by atoms with Gasteiger partial charge in [0.15, 0.2) is 0 Å². The molecule has 0 heteroatoms. The zero-order chi connectivity index (χ0) is 8.15. The summed E-state index contributed by atoms with van der Waals surface area (Å²) in [7, 11) is 0. The van der Waals surface area contributed by atoms with Gasteiger partial charge in [0.05, 0.1) is 0 Å². The van der Waals surface area contributed by atoms with Gasteiger partial charge in [-0.3, -0.25) is 0 Å². The smallest absolute Gasteiger partial charge is 0.0237 e. The monoisotopic (exact) mass is 140 g/mol. The molecule has 0 saturated carbocycles. The normalized spacial score (nSPS) is 13.7. The minimum atomic E-state index is 0.711. The molecule has 0 saturated heterocycles. The van der Waals surface area contributed by atoms with Crippen LogP contribution in [0, 0.1) is 11.8 Å². The highest BCUT2D eigenvalue weighted by atomic mass is 14.1. The van der Waals surface area contributed by atoms with E-state index in [4.69, 9.17) is 0 Å². The molecular weight excluding hydrogens is 120 g/mol. The van der Waals surface area contributed by atoms with Crippen LogP contribution in [-0.4, -0.2) is 0 Å². The van der Waals surface area contributed by atoms with Gasteiger partial charge in [0.2, 0.25) is 0 Å². The maximum Gasteiger partial charge on any atom is -0.0237 e. The predicted octanol–water partition coefficient (Wildman–Crippen LogP) is 3.63. The minimum absolute atomic E-state index is 0.711. The lowest BCUT2D eigenvalue weighted by Gasteiger charge is -2.11. The fourth-order valence-corrected chi connectivity index (χ4v) is 0.830. The van der Waals surface area contributed by atoms with Gasteiger partial charge in [-0.1, -0.05) is 39.3 Å². The number of rotatable bonds is 4. The first-order valence-electron chi connectivity index (χ1n) is 4.19. The van der Waals surface area contributed by atoms with Crippen molar-refractivity contribution in [2.45, 2.75) is 40.5 Å². The second-order valence-electron chi connectivity index (χ2n) is 3.72. The van der Waals surface area contributed by atoms with E-state index in [0.717, 1.165) is 5.92 Å². The summed E-state index contributed by atoms with van der Waals surface area (Å²) in [6, 6.07) is 0. The molecule has 60 valence electrons. The molecule has 0 aromatic heterocycles. The van der Waals surface area contributed by atoms with Crippen LogP contribution in [0.15, 0.2) is 12.2 Å². The summed E-state index contributed by atoms with van der Waals surface area (Å²) in [5.74, 6) is 1.55. The van der Waals surface area contributed by atoms with Crippen LogP contribution in [0.5, 0.6) is 0 Å². The quantitative estimate of drug-likeness (QED) is 0.523. The third-order valence-electron chi connectivity index (χ3n) is 2.02. The molecule has 0 aliphatic carbocycles. The molecule has 0 N–H and O–H groups in total. The summed E-state index contributed by atoms with van der Waals surface area (Å²) < 4.78 is 0. The molecule has 0 nitrogen and oxygen atoms in total. The maximum atomic E-state index is 3.93. The van der Waals surface area contributed by atoms with Gasteiger partial charge in [-0.2, -0.15) is 0 Å². The second kappa shape index (κ2) is 4.54. The predicted molar refractivity (Wildman–Crippen MR) is 48.1 cm³/mol. The minimum Gasteiger partial charge on any atom is -0.0999 e. The first kappa shape index (κ1) is 9.74. The molecular formula is C10H20. The van der Waals surface area contributed by atoms with Gasteiger partial charge >= 0.3 is 0 Å². The Morgan fingerprint density at radius 3 is 2.00 bits per heavy atom. The Balaban J connectivity index is 3.40. The molecule has 0 aliphatic rings. The van der Waals surface area contributed by atoms with E-state index in [1.54, 1.807) is 0 Å². The molecule has 0 rings (SSSR count). The zero-order valence-corrected chi connectivity index (χ0v) is 7.78. The van der Waals surface area contributed by atoms with Crippen molar-refractivity contribution in [3.05, 3.63) is 12.2 Å². The van der Waals surface area contributed by atoms with Crippen LogP contribution in [0.25, 0.3) is 0 Å². The Kier molecular flexibility index (Phi) is 4.42. The van der Waals surface area contributed by atoms with E-state index < -0.39 is 0 Å². The molecule has 0 aromatic rings. The van der Waals surface area contributed by atoms with Crippen molar-refractivity contribution in [3.8, 4) is 0 Å². The first-order chi connectivity index (χ1) is 4.54. The Morgan fingerprint density at radius 1 is 1.20 bits per heavy atom. The molecule has 0 bridgehead atoms. The molecule has 0 aromatic carbocycles. The van der Waals surface area contributed by atoms with Crippen LogP contribution >= 0.6 is 0 Å². The Labute approximate surface area is 65.3 Å². The maximum absolute atomic E-state index is 3.93. The summed E-state index contributed by atoms with van der Waals surface area (Å²) in [6.45, 7) is 12.8. The molecule has 0 unspecified atom stereocenters. The van der Waals surface area contributed by atoms with Crippen LogP contribution in [0.2, 0.25) is 0 Å². The second-order valence-corrected chi connectivity index (χ2v) is 3.72. The lowest BCUT2D eigenvalue weighted by atomic mass is 9.95. The standard InChI is InChI=1S/C10H20/c1-8(2)6-7-10(5)9(3)4/h8,10H,3,6-7H2,1-2,4-5H3/t10-/m1/s1. The van der Waals surface area contributed by atoms with E-state index in [1.165, 1.54) is 18.4 Å². The molecule has 10 heavy (non-hydrogen) atoms. The van der Waals surface area contributed by atoms with Crippen LogP contribution in [0.3, 0.4) is 0 Å². The average molecular weight is 140 g/mol. The van der Waals surface area contributed by atoms with E-state index in [1.807, 2.05) is 0 Å². The Morgan fingerprint density at radius 2 is 1.70 bits per heavy atom. The van der Waals surface area contributed by atoms with Crippen LogP contribution in [0.1, 0.15) is 40.5 Å². The number of hydrogen-bond acceptors (Lipinski definition) is 0. The lowest BCUT2D eigenvalue weighted by Crippen LogP contribution is -1.97. The summed E-state index contributed by atoms with van der Waals surface area (Å²) in [5, 5.41) is 0. The third kappa shape index (κ3) is 4.60. The largest absolute Gasteiger partial charge is 0.0999 e. The average Bonchev–Trinajstić information content (AvgIpc) is 1.82. The highest BCUT2D eigenvalue weighted by Gasteiger charge is 2.02. The number of allylic oxidation sites excluding steroid dienone is 1. The van der Waals surface area contributed by atoms with Crippen LogP contribution in [0.4, 0.5) is 0 Å². The third-order valence-corrected chi connectivity index (χ3v) is 2.02. The molecule has 0 amide bonds. The zero-order valence-electron chi connectivity index (χ0n) is 7.78. The SMILES string of the molecule is C=C(C)[C@H](C)CCC(C)C. The van der Waals surface area contributed by atoms with Crippen molar-refractivity contribution in [1.29, 1.82) is 0 Å². The fourth-order valence-electron chi connectivity index (χ4n) is 0.830. The van der Waals surface area contributed by atoms with E-state index in [2.05, 4.69) is 34.3 Å². The van der Waals surface area contributed by atoms with Crippen molar-refractivity contribution < 1.29 is 0 Å². The van der Waals surface area contributed by atoms with Gasteiger partial charge in [-0.05, 0) is 25.2 Å². The van der Waals surface area contributed by atoms with Gasteiger partial charge in [0.1, 0.15) is 0 Å². The van der Waals surface area contributed by atoms with Crippen LogP contribution < -0.4 is 0 Å². The van der Waals surface area contributed by atoms with Crippen molar-refractivity contribution in [2.75, 3.05) is 0 Å². The van der Waals surface area contributed by atoms with Crippen molar-refractivity contribution in [2.24, 2.45) is 11.8 Å². The van der Waals surface area contributed by atoms with Crippen molar-refractivity contribution in [1.82, 2.24) is 0 Å². The van der Waals surface area contributed by atoms with E-state index in [9.17, 15) is 0 Å². The fraction of sp³-hybridized carbons (Fsp3) is 0.800. The summed E-state index contributed by atoms with van der Waals surface area (Å²) >= 11 is 0. The molecule has 0 radical (unpaired) electrons. The van der Waals surface area contributed by atoms with E-state index >= 15 is 0 Å².